The van der Waals surface area contributed by atoms with E-state index in [9.17, 15) is 9.90 Å². The van der Waals surface area contributed by atoms with Crippen molar-refractivity contribution in [2.24, 2.45) is 0 Å². The third-order valence-corrected chi connectivity index (χ3v) is 4.63. The van der Waals surface area contributed by atoms with Crippen LogP contribution in [0, 0.1) is 0 Å². The summed E-state index contributed by atoms with van der Waals surface area (Å²) >= 11 is 0. The number of rotatable bonds is 6. The van der Waals surface area contributed by atoms with Crippen molar-refractivity contribution in [2.45, 2.75) is 31.8 Å². The minimum Gasteiger partial charge on any atom is -0.508 e. The van der Waals surface area contributed by atoms with Gasteiger partial charge in [0.05, 0.1) is 18.3 Å². The van der Waals surface area contributed by atoms with Crippen molar-refractivity contribution in [3.8, 4) is 5.75 Å². The van der Waals surface area contributed by atoms with Crippen LogP contribution in [0.2, 0.25) is 0 Å². The second-order valence-electron chi connectivity index (χ2n) is 6.45. The van der Waals surface area contributed by atoms with E-state index in [4.69, 9.17) is 4.42 Å². The molecule has 1 aliphatic heterocycles. The van der Waals surface area contributed by atoms with Crippen molar-refractivity contribution < 1.29 is 14.3 Å². The van der Waals surface area contributed by atoms with E-state index in [1.165, 1.54) is 12.8 Å². The molecule has 0 unspecified atom stereocenters. The van der Waals surface area contributed by atoms with Crippen LogP contribution in [0.1, 0.15) is 43.2 Å². The normalized spacial score (nSPS) is 17.2. The summed E-state index contributed by atoms with van der Waals surface area (Å²) in [7, 11) is 0. The lowest BCUT2D eigenvalue weighted by atomic mass is 10.1. The number of phenols is 1. The minimum absolute atomic E-state index is 0.0549. The smallest absolute Gasteiger partial charge is 0.315 e. The fourth-order valence-electron chi connectivity index (χ4n) is 3.26. The highest BCUT2D eigenvalue weighted by Crippen LogP contribution is 2.25. The highest BCUT2D eigenvalue weighted by atomic mass is 16.3. The average molecular weight is 343 g/mol. The summed E-state index contributed by atoms with van der Waals surface area (Å²) in [6.07, 6.45) is 4.03. The molecule has 6 heteroatoms. The summed E-state index contributed by atoms with van der Waals surface area (Å²) in [6, 6.07) is 10.4. The first-order chi connectivity index (χ1) is 12.1. The van der Waals surface area contributed by atoms with Crippen LogP contribution in [0.4, 0.5) is 4.79 Å². The molecule has 1 aliphatic rings. The highest BCUT2D eigenvalue weighted by Gasteiger charge is 2.26. The number of carbonyl (C=O) groups excluding carboxylic acids is 1. The van der Waals surface area contributed by atoms with Gasteiger partial charge in [0, 0.05) is 6.54 Å². The molecule has 0 aliphatic carbocycles. The molecule has 3 N–H and O–H groups in total. The molecule has 1 aromatic carbocycles. The molecular formula is C19H25N3O3. The topological polar surface area (TPSA) is 77.7 Å². The second-order valence-corrected chi connectivity index (χ2v) is 6.45. The maximum atomic E-state index is 12.3. The largest absolute Gasteiger partial charge is 0.508 e. The van der Waals surface area contributed by atoms with Crippen LogP contribution in [0.5, 0.6) is 5.75 Å². The van der Waals surface area contributed by atoms with Crippen molar-refractivity contribution in [1.82, 2.24) is 15.5 Å². The van der Waals surface area contributed by atoms with E-state index in [2.05, 4.69) is 15.5 Å². The Balaban J connectivity index is 1.56. The van der Waals surface area contributed by atoms with Crippen molar-refractivity contribution in [1.29, 1.82) is 0 Å². The number of phenolic OH excluding ortho intramolecular Hbond substituents is 1. The third kappa shape index (κ3) is 4.54. The molecule has 1 aromatic heterocycles. The van der Waals surface area contributed by atoms with Crippen LogP contribution in [-0.2, 0) is 0 Å². The monoisotopic (exact) mass is 343 g/mol. The summed E-state index contributed by atoms with van der Waals surface area (Å²) < 4.78 is 5.56. The number of likely N-dealkylation sites (tertiary alicyclic amines) is 1. The Labute approximate surface area is 147 Å². The number of benzene rings is 1. The van der Waals surface area contributed by atoms with Gasteiger partial charge >= 0.3 is 6.03 Å². The van der Waals surface area contributed by atoms with E-state index < -0.39 is 0 Å². The van der Waals surface area contributed by atoms with E-state index in [1.807, 2.05) is 25.1 Å². The average Bonchev–Trinajstić information content (AvgIpc) is 3.29. The van der Waals surface area contributed by atoms with E-state index in [0.717, 1.165) is 24.4 Å². The molecule has 6 nitrogen and oxygen atoms in total. The molecule has 134 valence electrons. The first-order valence-electron chi connectivity index (χ1n) is 8.74. The van der Waals surface area contributed by atoms with Gasteiger partial charge in [0.2, 0.25) is 0 Å². The van der Waals surface area contributed by atoms with Crippen molar-refractivity contribution in [2.75, 3.05) is 19.6 Å². The van der Waals surface area contributed by atoms with Gasteiger partial charge in [-0.05, 0) is 62.7 Å². The molecule has 2 aromatic rings. The summed E-state index contributed by atoms with van der Waals surface area (Å²) in [5.74, 6) is 1.07. The van der Waals surface area contributed by atoms with Gasteiger partial charge in [0.1, 0.15) is 11.5 Å². The van der Waals surface area contributed by atoms with Crippen LogP contribution in [0.25, 0.3) is 0 Å². The van der Waals surface area contributed by atoms with Crippen LogP contribution >= 0.6 is 0 Å². The Morgan fingerprint density at radius 2 is 2.08 bits per heavy atom. The lowest BCUT2D eigenvalue weighted by Crippen LogP contribution is -2.42. The first kappa shape index (κ1) is 17.4. The zero-order valence-corrected chi connectivity index (χ0v) is 14.4. The summed E-state index contributed by atoms with van der Waals surface area (Å²) in [4.78, 5) is 14.6. The van der Waals surface area contributed by atoms with Gasteiger partial charge in [-0.25, -0.2) is 4.79 Å². The Morgan fingerprint density at radius 1 is 1.28 bits per heavy atom. The molecule has 1 fully saturated rings. The van der Waals surface area contributed by atoms with Gasteiger partial charge in [0.15, 0.2) is 0 Å². The number of hydrogen-bond donors (Lipinski definition) is 3. The predicted molar refractivity (Wildman–Crippen MR) is 95.3 cm³/mol. The number of nitrogens with zero attached hydrogens (tertiary/aromatic N) is 1. The second kappa shape index (κ2) is 8.07. The van der Waals surface area contributed by atoms with Gasteiger partial charge in [0.25, 0.3) is 0 Å². The SMILES string of the molecule is C[C@H](NC(=O)NC[C@H](c1ccco1)N1CCCC1)c1cccc(O)c1. The van der Waals surface area contributed by atoms with Gasteiger partial charge < -0.3 is 20.2 Å². The van der Waals surface area contributed by atoms with Gasteiger partial charge in [-0.1, -0.05) is 12.1 Å². The van der Waals surface area contributed by atoms with Crippen molar-refractivity contribution in [3.63, 3.8) is 0 Å². The lowest BCUT2D eigenvalue weighted by Gasteiger charge is -2.26. The number of amides is 2. The fraction of sp³-hybridized carbons (Fsp3) is 0.421. The fourth-order valence-corrected chi connectivity index (χ4v) is 3.26. The quantitative estimate of drug-likeness (QED) is 0.753. The van der Waals surface area contributed by atoms with Crippen LogP contribution in [-0.4, -0.2) is 35.7 Å². The molecular weight excluding hydrogens is 318 g/mol. The summed E-state index contributed by atoms with van der Waals surface area (Å²) in [5, 5.41) is 15.4. The molecule has 0 saturated carbocycles. The first-order valence-corrected chi connectivity index (χ1v) is 8.74. The molecule has 25 heavy (non-hydrogen) atoms. The third-order valence-electron chi connectivity index (χ3n) is 4.63. The van der Waals surface area contributed by atoms with E-state index >= 15 is 0 Å². The molecule has 0 radical (unpaired) electrons. The van der Waals surface area contributed by atoms with E-state index in [0.29, 0.717) is 6.54 Å². The van der Waals surface area contributed by atoms with E-state index in [-0.39, 0.29) is 23.9 Å². The molecule has 2 heterocycles. The number of carbonyl (C=O) groups is 1. The Kier molecular flexibility index (Phi) is 5.60. The Hall–Kier alpha value is -2.47. The molecule has 0 bridgehead atoms. The number of urea groups is 1. The molecule has 0 spiro atoms. The molecule has 2 amide bonds. The molecule has 3 rings (SSSR count). The summed E-state index contributed by atoms with van der Waals surface area (Å²) in [5.41, 5.74) is 0.859. The highest BCUT2D eigenvalue weighted by molar-refractivity contribution is 5.74. The number of furan rings is 1. The van der Waals surface area contributed by atoms with Gasteiger partial charge in [-0.2, -0.15) is 0 Å². The Bertz CT molecular complexity index is 681. The lowest BCUT2D eigenvalue weighted by molar-refractivity contribution is 0.202. The minimum atomic E-state index is -0.230. The summed E-state index contributed by atoms with van der Waals surface area (Å²) in [6.45, 7) is 4.42. The Morgan fingerprint density at radius 3 is 2.76 bits per heavy atom. The van der Waals surface area contributed by atoms with Gasteiger partial charge in [-0.15, -0.1) is 0 Å². The number of hydrogen-bond acceptors (Lipinski definition) is 4. The predicted octanol–water partition coefficient (Wildman–Crippen LogP) is 3.18. The van der Waals surface area contributed by atoms with Crippen LogP contribution in [0.3, 0.4) is 0 Å². The zero-order valence-electron chi connectivity index (χ0n) is 14.4. The van der Waals surface area contributed by atoms with Gasteiger partial charge in [-0.3, -0.25) is 4.90 Å². The van der Waals surface area contributed by atoms with E-state index in [1.54, 1.807) is 24.5 Å². The zero-order chi connectivity index (χ0) is 17.6. The molecule has 1 saturated heterocycles. The van der Waals surface area contributed by atoms with Crippen molar-refractivity contribution in [3.05, 3.63) is 54.0 Å². The molecule has 2 atom stereocenters. The van der Waals surface area contributed by atoms with Crippen LogP contribution < -0.4 is 10.6 Å². The standard InChI is InChI=1S/C19H25N3O3/c1-14(15-6-4-7-16(23)12-15)21-19(24)20-13-17(18-8-5-11-25-18)22-9-2-3-10-22/h4-8,11-12,14,17,23H,2-3,9-10,13H2,1H3,(H2,20,21,24)/t14-,17+/m0/s1. The number of aromatic hydroxyl groups is 1. The van der Waals surface area contributed by atoms with Crippen LogP contribution in [0.15, 0.2) is 47.1 Å². The maximum absolute atomic E-state index is 12.3. The number of nitrogens with one attached hydrogen (secondary N) is 2. The maximum Gasteiger partial charge on any atom is 0.315 e. The van der Waals surface area contributed by atoms with Crippen molar-refractivity contribution >= 4 is 6.03 Å².